The van der Waals surface area contributed by atoms with Crippen molar-refractivity contribution >= 4 is 23.4 Å². The van der Waals surface area contributed by atoms with Crippen LogP contribution in [0.2, 0.25) is 0 Å². The van der Waals surface area contributed by atoms with Crippen molar-refractivity contribution in [2.45, 2.75) is 24.2 Å². The normalized spacial score (nSPS) is 14.0. The van der Waals surface area contributed by atoms with Gasteiger partial charge in [-0.15, -0.1) is 0 Å². The Hall–Kier alpha value is -2.84. The van der Waals surface area contributed by atoms with Crippen molar-refractivity contribution in [2.24, 2.45) is 0 Å². The standard InChI is InChI=1S/C22H24N4O3S/c1-16-13-18(25-29-16)15-30-22-20(3-2-8-23-22)21(27)24-14-17-4-6-19(7-5-17)26-9-11-28-12-10-26/h2-8,13H,9-12,14-15H2,1H3,(H,24,27). The number of ether oxygens (including phenoxy) is 1. The minimum absolute atomic E-state index is 0.140. The molecule has 3 aromatic rings. The quantitative estimate of drug-likeness (QED) is 0.582. The SMILES string of the molecule is Cc1cc(CSc2ncccc2C(=O)NCc2ccc(N3CCOCC3)cc2)no1. The highest BCUT2D eigenvalue weighted by Crippen LogP contribution is 2.24. The molecule has 1 amide bonds. The van der Waals surface area contributed by atoms with Crippen molar-refractivity contribution in [1.82, 2.24) is 15.5 Å². The Balaban J connectivity index is 1.34. The second-order valence-corrected chi connectivity index (χ2v) is 7.99. The Morgan fingerprint density at radius 3 is 2.73 bits per heavy atom. The van der Waals surface area contributed by atoms with Gasteiger partial charge in [0, 0.05) is 43.3 Å². The van der Waals surface area contributed by atoms with E-state index in [0.717, 1.165) is 43.3 Å². The van der Waals surface area contributed by atoms with Gasteiger partial charge in [0.05, 0.1) is 24.5 Å². The number of pyridine rings is 1. The van der Waals surface area contributed by atoms with E-state index in [1.165, 1.54) is 17.4 Å². The van der Waals surface area contributed by atoms with E-state index >= 15 is 0 Å². The Kier molecular flexibility index (Phi) is 6.66. The van der Waals surface area contributed by atoms with E-state index in [1.54, 1.807) is 18.3 Å². The van der Waals surface area contributed by atoms with Crippen molar-refractivity contribution in [1.29, 1.82) is 0 Å². The first-order valence-corrected chi connectivity index (χ1v) is 10.9. The molecular formula is C22H24N4O3S. The fraction of sp³-hybridized carbons (Fsp3) is 0.318. The lowest BCUT2D eigenvalue weighted by molar-refractivity contribution is 0.0947. The zero-order chi connectivity index (χ0) is 20.8. The minimum atomic E-state index is -0.140. The molecule has 0 spiro atoms. The van der Waals surface area contributed by atoms with Crippen LogP contribution < -0.4 is 10.2 Å². The average molecular weight is 425 g/mol. The van der Waals surface area contributed by atoms with Crippen LogP contribution in [0.15, 0.2) is 58.2 Å². The third-order valence-electron chi connectivity index (χ3n) is 4.81. The summed E-state index contributed by atoms with van der Waals surface area (Å²) in [6.07, 6.45) is 1.69. The maximum atomic E-state index is 12.7. The maximum Gasteiger partial charge on any atom is 0.254 e. The molecule has 0 bridgehead atoms. The fourth-order valence-corrected chi connectivity index (χ4v) is 4.10. The predicted molar refractivity (Wildman–Crippen MR) is 116 cm³/mol. The molecular weight excluding hydrogens is 400 g/mol. The predicted octanol–water partition coefficient (Wildman–Crippen LogP) is 3.44. The third-order valence-corrected chi connectivity index (χ3v) is 5.85. The number of nitrogens with one attached hydrogen (secondary N) is 1. The van der Waals surface area contributed by atoms with E-state index < -0.39 is 0 Å². The third kappa shape index (κ3) is 5.20. The molecule has 8 heteroatoms. The number of hydrogen-bond acceptors (Lipinski definition) is 7. The van der Waals surface area contributed by atoms with Crippen molar-refractivity contribution in [3.05, 3.63) is 71.2 Å². The van der Waals surface area contributed by atoms with Gasteiger partial charge in [-0.3, -0.25) is 4.79 Å². The lowest BCUT2D eigenvalue weighted by Gasteiger charge is -2.28. The largest absolute Gasteiger partial charge is 0.378 e. The second-order valence-electron chi connectivity index (χ2n) is 7.02. The molecule has 3 heterocycles. The number of aryl methyl sites for hydroxylation is 1. The van der Waals surface area contributed by atoms with Crippen LogP contribution in [0.1, 0.15) is 27.4 Å². The smallest absolute Gasteiger partial charge is 0.254 e. The second kappa shape index (κ2) is 9.77. The number of amides is 1. The van der Waals surface area contributed by atoms with Gasteiger partial charge in [-0.1, -0.05) is 29.1 Å². The highest BCUT2D eigenvalue weighted by Gasteiger charge is 2.14. The number of morpholine rings is 1. The van der Waals surface area contributed by atoms with Gasteiger partial charge in [-0.25, -0.2) is 4.98 Å². The molecule has 0 atom stereocenters. The number of benzene rings is 1. The van der Waals surface area contributed by atoms with Crippen molar-refractivity contribution in [2.75, 3.05) is 31.2 Å². The van der Waals surface area contributed by atoms with Crippen LogP contribution in [0.4, 0.5) is 5.69 Å². The van der Waals surface area contributed by atoms with Gasteiger partial charge in [0.25, 0.3) is 5.91 Å². The van der Waals surface area contributed by atoms with E-state index in [9.17, 15) is 4.79 Å². The van der Waals surface area contributed by atoms with Crippen LogP contribution in [-0.2, 0) is 17.0 Å². The van der Waals surface area contributed by atoms with Gasteiger partial charge in [0.2, 0.25) is 0 Å². The van der Waals surface area contributed by atoms with Crippen LogP contribution in [-0.4, -0.2) is 42.4 Å². The first kappa shape index (κ1) is 20.4. The van der Waals surface area contributed by atoms with Crippen LogP contribution in [0.3, 0.4) is 0 Å². The first-order valence-electron chi connectivity index (χ1n) is 9.89. The van der Waals surface area contributed by atoms with Gasteiger partial charge in [0.15, 0.2) is 0 Å². The average Bonchev–Trinajstić information content (AvgIpc) is 3.22. The molecule has 0 radical (unpaired) electrons. The minimum Gasteiger partial charge on any atom is -0.378 e. The number of carbonyl (C=O) groups is 1. The van der Waals surface area contributed by atoms with E-state index in [4.69, 9.17) is 9.26 Å². The van der Waals surface area contributed by atoms with Crippen molar-refractivity contribution in [3.8, 4) is 0 Å². The van der Waals surface area contributed by atoms with Crippen LogP contribution in [0.25, 0.3) is 0 Å². The van der Waals surface area contributed by atoms with E-state index in [0.29, 0.717) is 22.9 Å². The number of hydrogen-bond donors (Lipinski definition) is 1. The maximum absolute atomic E-state index is 12.7. The van der Waals surface area contributed by atoms with E-state index in [2.05, 4.69) is 44.6 Å². The number of thioether (sulfide) groups is 1. The number of carbonyl (C=O) groups excluding carboxylic acids is 1. The summed E-state index contributed by atoms with van der Waals surface area (Å²) in [5.41, 5.74) is 3.63. The Bertz CT molecular complexity index is 984. The molecule has 1 aliphatic heterocycles. The molecule has 4 rings (SSSR count). The number of aromatic nitrogens is 2. The van der Waals surface area contributed by atoms with E-state index in [-0.39, 0.29) is 5.91 Å². The number of rotatable bonds is 7. The molecule has 7 nitrogen and oxygen atoms in total. The Morgan fingerprint density at radius 2 is 2.00 bits per heavy atom. The molecule has 156 valence electrons. The summed E-state index contributed by atoms with van der Waals surface area (Å²) in [5, 5.41) is 7.66. The monoisotopic (exact) mass is 424 g/mol. The summed E-state index contributed by atoms with van der Waals surface area (Å²) >= 11 is 1.47. The summed E-state index contributed by atoms with van der Waals surface area (Å²) in [7, 11) is 0. The molecule has 1 aromatic carbocycles. The lowest BCUT2D eigenvalue weighted by Crippen LogP contribution is -2.36. The molecule has 0 saturated carbocycles. The molecule has 1 N–H and O–H groups in total. The number of anilines is 1. The first-order chi connectivity index (χ1) is 14.7. The highest BCUT2D eigenvalue weighted by molar-refractivity contribution is 7.98. The molecule has 1 saturated heterocycles. The van der Waals surface area contributed by atoms with Gasteiger partial charge >= 0.3 is 0 Å². The van der Waals surface area contributed by atoms with Gasteiger partial charge in [-0.05, 0) is 36.8 Å². The van der Waals surface area contributed by atoms with Gasteiger partial charge in [0.1, 0.15) is 10.8 Å². The highest BCUT2D eigenvalue weighted by atomic mass is 32.2. The zero-order valence-corrected chi connectivity index (χ0v) is 17.7. The molecule has 1 aliphatic rings. The summed E-state index contributed by atoms with van der Waals surface area (Å²) in [5.74, 6) is 1.22. The van der Waals surface area contributed by atoms with Gasteiger partial charge < -0.3 is 19.5 Å². The van der Waals surface area contributed by atoms with E-state index in [1.807, 2.05) is 13.0 Å². The topological polar surface area (TPSA) is 80.5 Å². The summed E-state index contributed by atoms with van der Waals surface area (Å²) in [4.78, 5) is 19.4. The van der Waals surface area contributed by atoms with Crippen LogP contribution in [0.5, 0.6) is 0 Å². The van der Waals surface area contributed by atoms with Gasteiger partial charge in [-0.2, -0.15) is 0 Å². The summed E-state index contributed by atoms with van der Waals surface area (Å²) in [6.45, 7) is 5.66. The fourth-order valence-electron chi connectivity index (χ4n) is 3.23. The molecule has 0 aliphatic carbocycles. The zero-order valence-electron chi connectivity index (χ0n) is 16.8. The Morgan fingerprint density at radius 1 is 1.20 bits per heavy atom. The number of nitrogens with zero attached hydrogens (tertiary/aromatic N) is 3. The summed E-state index contributed by atoms with van der Waals surface area (Å²) in [6, 6.07) is 13.7. The molecule has 1 fully saturated rings. The Labute approximate surface area is 179 Å². The van der Waals surface area contributed by atoms with Crippen molar-refractivity contribution in [3.63, 3.8) is 0 Å². The molecule has 30 heavy (non-hydrogen) atoms. The molecule has 0 unspecified atom stereocenters. The van der Waals surface area contributed by atoms with Crippen LogP contribution >= 0.6 is 11.8 Å². The molecule has 2 aromatic heterocycles. The van der Waals surface area contributed by atoms with Crippen LogP contribution in [0, 0.1) is 6.92 Å². The van der Waals surface area contributed by atoms with Crippen molar-refractivity contribution < 1.29 is 14.1 Å². The summed E-state index contributed by atoms with van der Waals surface area (Å²) < 4.78 is 10.5. The lowest BCUT2D eigenvalue weighted by atomic mass is 10.2.